The molecule has 0 saturated heterocycles. The highest BCUT2D eigenvalue weighted by Gasteiger charge is 2.15. The van der Waals surface area contributed by atoms with Crippen LogP contribution in [-0.4, -0.2) is 44.8 Å². The van der Waals surface area contributed by atoms with Gasteiger partial charge in [0.2, 0.25) is 0 Å². The first-order valence-corrected chi connectivity index (χ1v) is 5.61. The van der Waals surface area contributed by atoms with E-state index in [4.69, 9.17) is 4.74 Å². The van der Waals surface area contributed by atoms with Crippen LogP contribution in [0.2, 0.25) is 0 Å². The third-order valence-corrected chi connectivity index (χ3v) is 2.09. The van der Waals surface area contributed by atoms with Gasteiger partial charge in [-0.2, -0.15) is 11.8 Å². The molecule has 1 rings (SSSR count). The molecule has 0 fully saturated rings. The number of ether oxygens (including phenoxy) is 1. The predicted octanol–water partition coefficient (Wildman–Crippen LogP) is 0.213. The summed E-state index contributed by atoms with van der Waals surface area (Å²) in [5.41, 5.74) is 0. The van der Waals surface area contributed by atoms with Crippen molar-refractivity contribution in [3.05, 3.63) is 5.82 Å². The summed E-state index contributed by atoms with van der Waals surface area (Å²) >= 11 is 1.67. The molecule has 0 aromatic carbocycles. The first-order chi connectivity index (χ1) is 6.79. The molecule has 0 saturated carbocycles. The van der Waals surface area contributed by atoms with E-state index in [1.807, 2.05) is 6.26 Å². The SMILES string of the molecule is CCOC(=O)c1nnnn1CCSC. The highest BCUT2D eigenvalue weighted by molar-refractivity contribution is 7.98. The van der Waals surface area contributed by atoms with Crippen molar-refractivity contribution in [1.82, 2.24) is 20.2 Å². The van der Waals surface area contributed by atoms with Gasteiger partial charge < -0.3 is 4.74 Å². The maximum Gasteiger partial charge on any atom is 0.378 e. The van der Waals surface area contributed by atoms with Gasteiger partial charge in [-0.25, -0.2) is 9.48 Å². The highest BCUT2D eigenvalue weighted by atomic mass is 32.2. The van der Waals surface area contributed by atoms with Gasteiger partial charge >= 0.3 is 5.97 Å². The second-order valence-corrected chi connectivity index (χ2v) is 3.42. The Bertz CT molecular complexity index is 302. The second-order valence-electron chi connectivity index (χ2n) is 2.44. The Kier molecular flexibility index (Phi) is 4.37. The van der Waals surface area contributed by atoms with Crippen molar-refractivity contribution in [3.63, 3.8) is 0 Å². The summed E-state index contributed by atoms with van der Waals surface area (Å²) in [5, 5.41) is 10.7. The van der Waals surface area contributed by atoms with Crippen molar-refractivity contribution in [2.75, 3.05) is 18.6 Å². The Labute approximate surface area is 86.0 Å². The molecule has 0 radical (unpaired) electrons. The molecule has 7 heteroatoms. The summed E-state index contributed by atoms with van der Waals surface area (Å²) in [5.74, 6) is 0.553. The highest BCUT2D eigenvalue weighted by Crippen LogP contribution is 1.99. The van der Waals surface area contributed by atoms with Crippen LogP contribution in [0.5, 0.6) is 0 Å². The molecule has 0 unspecified atom stereocenters. The van der Waals surface area contributed by atoms with Crippen LogP contribution in [0.15, 0.2) is 0 Å². The van der Waals surface area contributed by atoms with Crippen molar-refractivity contribution in [3.8, 4) is 0 Å². The number of tetrazole rings is 1. The van der Waals surface area contributed by atoms with Crippen LogP contribution in [0.25, 0.3) is 0 Å². The molecule has 0 aliphatic carbocycles. The van der Waals surface area contributed by atoms with Crippen LogP contribution in [0.4, 0.5) is 0 Å². The van der Waals surface area contributed by atoms with Crippen molar-refractivity contribution in [2.24, 2.45) is 0 Å². The van der Waals surface area contributed by atoms with Gasteiger partial charge in [0, 0.05) is 5.75 Å². The first-order valence-electron chi connectivity index (χ1n) is 4.21. The van der Waals surface area contributed by atoms with E-state index < -0.39 is 5.97 Å². The quantitative estimate of drug-likeness (QED) is 0.655. The van der Waals surface area contributed by atoms with Gasteiger partial charge in [0.05, 0.1) is 13.2 Å². The third kappa shape index (κ3) is 2.69. The molecule has 1 aromatic rings. The molecule has 6 nitrogen and oxygen atoms in total. The van der Waals surface area contributed by atoms with Crippen molar-refractivity contribution in [2.45, 2.75) is 13.5 Å². The lowest BCUT2D eigenvalue weighted by Gasteiger charge is -2.02. The zero-order chi connectivity index (χ0) is 10.4. The minimum absolute atomic E-state index is 0.168. The summed E-state index contributed by atoms with van der Waals surface area (Å²) in [6, 6.07) is 0. The molecule has 1 heterocycles. The van der Waals surface area contributed by atoms with Crippen molar-refractivity contribution >= 4 is 17.7 Å². The second kappa shape index (κ2) is 5.58. The maximum atomic E-state index is 11.3. The first kappa shape index (κ1) is 11.0. The molecule has 14 heavy (non-hydrogen) atoms. The Morgan fingerprint density at radius 3 is 3.07 bits per heavy atom. The number of nitrogens with zero attached hydrogens (tertiary/aromatic N) is 4. The van der Waals surface area contributed by atoms with Gasteiger partial charge in [-0.15, -0.1) is 5.10 Å². The van der Waals surface area contributed by atoms with E-state index in [0.29, 0.717) is 13.2 Å². The largest absolute Gasteiger partial charge is 0.460 e. The number of aromatic nitrogens is 4. The predicted molar refractivity (Wildman–Crippen MR) is 52.2 cm³/mol. The average molecular weight is 216 g/mol. The number of hydrogen-bond donors (Lipinski definition) is 0. The van der Waals surface area contributed by atoms with Crippen LogP contribution in [-0.2, 0) is 11.3 Å². The number of rotatable bonds is 5. The van der Waals surface area contributed by atoms with E-state index in [0.717, 1.165) is 5.75 Å². The lowest BCUT2D eigenvalue weighted by Crippen LogP contribution is -2.15. The average Bonchev–Trinajstić information content (AvgIpc) is 2.63. The Balaban J connectivity index is 2.66. The fourth-order valence-corrected chi connectivity index (χ4v) is 1.23. The summed E-state index contributed by atoms with van der Waals surface area (Å²) < 4.78 is 6.25. The van der Waals surface area contributed by atoms with Gasteiger partial charge in [0.25, 0.3) is 5.82 Å². The number of hydrogen-bond acceptors (Lipinski definition) is 6. The molecule has 0 bridgehead atoms. The molecular formula is C7H12N4O2S. The fourth-order valence-electron chi connectivity index (χ4n) is 0.875. The van der Waals surface area contributed by atoms with Crippen LogP contribution in [0.1, 0.15) is 17.5 Å². The molecule has 0 amide bonds. The Morgan fingerprint density at radius 2 is 2.43 bits per heavy atom. The topological polar surface area (TPSA) is 69.9 Å². The third-order valence-electron chi connectivity index (χ3n) is 1.50. The van der Waals surface area contributed by atoms with Crippen molar-refractivity contribution < 1.29 is 9.53 Å². The molecule has 0 atom stereocenters. The van der Waals surface area contributed by atoms with E-state index >= 15 is 0 Å². The zero-order valence-electron chi connectivity index (χ0n) is 8.13. The van der Waals surface area contributed by atoms with Crippen LogP contribution < -0.4 is 0 Å². The van der Waals surface area contributed by atoms with Crippen molar-refractivity contribution in [1.29, 1.82) is 0 Å². The van der Waals surface area contributed by atoms with E-state index in [-0.39, 0.29) is 5.82 Å². The Morgan fingerprint density at radius 1 is 1.64 bits per heavy atom. The van der Waals surface area contributed by atoms with E-state index in [1.54, 1.807) is 18.7 Å². The number of esters is 1. The number of thioether (sulfide) groups is 1. The monoisotopic (exact) mass is 216 g/mol. The molecule has 0 N–H and O–H groups in total. The van der Waals surface area contributed by atoms with Gasteiger partial charge in [-0.05, 0) is 23.6 Å². The summed E-state index contributed by atoms with van der Waals surface area (Å²) in [7, 11) is 0. The van der Waals surface area contributed by atoms with Gasteiger partial charge in [0.15, 0.2) is 0 Å². The van der Waals surface area contributed by atoms with Crippen LogP contribution in [0, 0.1) is 0 Å². The molecule has 78 valence electrons. The molecule has 0 aliphatic heterocycles. The molecule has 0 spiro atoms. The maximum absolute atomic E-state index is 11.3. The number of carbonyl (C=O) groups is 1. The van der Waals surface area contributed by atoms with E-state index in [9.17, 15) is 4.79 Å². The lowest BCUT2D eigenvalue weighted by atomic mass is 10.6. The summed E-state index contributed by atoms with van der Waals surface area (Å²) in [6.07, 6.45) is 1.98. The zero-order valence-corrected chi connectivity index (χ0v) is 8.95. The lowest BCUT2D eigenvalue weighted by molar-refractivity contribution is 0.0504. The summed E-state index contributed by atoms with van der Waals surface area (Å²) in [4.78, 5) is 11.3. The van der Waals surface area contributed by atoms with E-state index in [2.05, 4.69) is 15.5 Å². The number of carbonyl (C=O) groups excluding carboxylic acids is 1. The van der Waals surface area contributed by atoms with Gasteiger partial charge in [-0.1, -0.05) is 0 Å². The van der Waals surface area contributed by atoms with Crippen LogP contribution >= 0.6 is 11.8 Å². The summed E-state index contributed by atoms with van der Waals surface area (Å²) in [6.45, 7) is 2.68. The number of aryl methyl sites for hydroxylation is 1. The minimum atomic E-state index is -0.474. The molecule has 1 aromatic heterocycles. The molecule has 0 aliphatic rings. The standard InChI is InChI=1S/C7H12N4O2S/c1-3-13-7(12)6-8-9-10-11(6)4-5-14-2/h3-5H2,1-2H3. The fraction of sp³-hybridized carbons (Fsp3) is 0.714. The Hall–Kier alpha value is -1.11. The molecular weight excluding hydrogens is 204 g/mol. The normalized spacial score (nSPS) is 10.1. The van der Waals surface area contributed by atoms with Gasteiger partial charge in [-0.3, -0.25) is 0 Å². The smallest absolute Gasteiger partial charge is 0.378 e. The van der Waals surface area contributed by atoms with Gasteiger partial charge in [0.1, 0.15) is 0 Å². The van der Waals surface area contributed by atoms with E-state index in [1.165, 1.54) is 4.68 Å². The van der Waals surface area contributed by atoms with Crippen LogP contribution in [0.3, 0.4) is 0 Å². The minimum Gasteiger partial charge on any atom is -0.460 e.